The molecule has 0 radical (unpaired) electrons. The lowest BCUT2D eigenvalue weighted by Gasteiger charge is -2.17. The summed E-state index contributed by atoms with van der Waals surface area (Å²) in [7, 11) is 0. The molecule has 2 aromatic rings. The van der Waals surface area contributed by atoms with Gasteiger partial charge in [-0.25, -0.2) is 9.97 Å². The fourth-order valence-electron chi connectivity index (χ4n) is 2.11. The van der Waals surface area contributed by atoms with Gasteiger partial charge in [-0.15, -0.1) is 0 Å². The molecule has 1 aromatic heterocycles. The summed E-state index contributed by atoms with van der Waals surface area (Å²) in [5, 5.41) is 0.510. The highest BCUT2D eigenvalue weighted by atomic mass is 35.5. The summed E-state index contributed by atoms with van der Waals surface area (Å²) in [6.45, 7) is 3.27. The summed E-state index contributed by atoms with van der Waals surface area (Å²) in [5.41, 5.74) is 4.14. The summed E-state index contributed by atoms with van der Waals surface area (Å²) in [5.74, 6) is 0.698. The molecule has 0 fully saturated rings. The average Bonchev–Trinajstić information content (AvgIpc) is 2.39. The molecule has 0 N–H and O–H groups in total. The summed E-state index contributed by atoms with van der Waals surface area (Å²) in [6, 6.07) is 8.13. The van der Waals surface area contributed by atoms with E-state index in [1.807, 2.05) is 12.1 Å². The van der Waals surface area contributed by atoms with Gasteiger partial charge in [0.1, 0.15) is 5.15 Å². The molecule has 18 heavy (non-hydrogen) atoms. The van der Waals surface area contributed by atoms with Crippen LogP contribution in [0.2, 0.25) is 5.15 Å². The molecule has 0 bridgehead atoms. The minimum Gasteiger partial charge on any atom is -0.376 e. The van der Waals surface area contributed by atoms with Crippen LogP contribution in [0.5, 0.6) is 0 Å². The Morgan fingerprint density at radius 1 is 1.28 bits per heavy atom. The predicted molar refractivity (Wildman–Crippen MR) is 70.6 cm³/mol. The Hall–Kier alpha value is -1.45. The Labute approximate surface area is 111 Å². The molecule has 0 spiro atoms. The third kappa shape index (κ3) is 2.11. The van der Waals surface area contributed by atoms with Crippen LogP contribution in [-0.2, 0) is 17.8 Å². The van der Waals surface area contributed by atoms with E-state index < -0.39 is 0 Å². The Kier molecular flexibility index (Phi) is 3.02. The first-order chi connectivity index (χ1) is 8.74. The third-order valence-electron chi connectivity index (χ3n) is 3.05. The van der Waals surface area contributed by atoms with Crippen LogP contribution in [-0.4, -0.2) is 16.6 Å². The number of benzene rings is 1. The Morgan fingerprint density at radius 2 is 2.17 bits per heavy atom. The van der Waals surface area contributed by atoms with Crippen LogP contribution in [0.3, 0.4) is 0 Å². The molecular formula is C14H13ClN2O. The predicted octanol–water partition coefficient (Wildman–Crippen LogP) is 3.18. The number of hydrogen-bond acceptors (Lipinski definition) is 3. The molecule has 4 heteroatoms. The van der Waals surface area contributed by atoms with Crippen LogP contribution in [0.1, 0.15) is 16.8 Å². The van der Waals surface area contributed by atoms with E-state index in [0.717, 1.165) is 23.2 Å². The first-order valence-corrected chi connectivity index (χ1v) is 6.32. The van der Waals surface area contributed by atoms with Crippen molar-refractivity contribution in [1.29, 1.82) is 0 Å². The van der Waals surface area contributed by atoms with Gasteiger partial charge in [-0.2, -0.15) is 0 Å². The van der Waals surface area contributed by atoms with E-state index in [1.54, 1.807) is 0 Å². The maximum atomic E-state index is 6.21. The molecule has 0 aliphatic carbocycles. The molecule has 3 nitrogen and oxygen atoms in total. The minimum absolute atomic E-state index is 0.510. The standard InChI is InChI=1S/C14H13ClN2O/c1-9-3-2-4-10(7-9)14-16-12-5-6-18-8-11(12)13(15)17-14/h2-4,7H,5-6,8H2,1H3. The van der Waals surface area contributed by atoms with E-state index in [1.165, 1.54) is 5.56 Å². The SMILES string of the molecule is Cc1cccc(-c2nc(Cl)c3c(n2)CCOC3)c1. The average molecular weight is 261 g/mol. The first kappa shape index (κ1) is 11.6. The molecule has 0 unspecified atom stereocenters. The van der Waals surface area contributed by atoms with Gasteiger partial charge in [-0.3, -0.25) is 0 Å². The third-order valence-corrected chi connectivity index (χ3v) is 3.36. The van der Waals surface area contributed by atoms with E-state index in [0.29, 0.717) is 24.2 Å². The highest BCUT2D eigenvalue weighted by molar-refractivity contribution is 6.30. The van der Waals surface area contributed by atoms with Gasteiger partial charge in [0.05, 0.1) is 18.9 Å². The summed E-state index contributed by atoms with van der Waals surface area (Å²) < 4.78 is 5.38. The summed E-state index contributed by atoms with van der Waals surface area (Å²) in [4.78, 5) is 8.98. The zero-order chi connectivity index (χ0) is 12.5. The highest BCUT2D eigenvalue weighted by Crippen LogP contribution is 2.26. The molecule has 92 valence electrons. The van der Waals surface area contributed by atoms with Gasteiger partial charge in [-0.1, -0.05) is 35.4 Å². The fraction of sp³-hybridized carbons (Fsp3) is 0.286. The lowest BCUT2D eigenvalue weighted by atomic mass is 10.1. The van der Waals surface area contributed by atoms with Crippen molar-refractivity contribution in [2.24, 2.45) is 0 Å². The molecule has 0 atom stereocenters. The zero-order valence-electron chi connectivity index (χ0n) is 10.1. The van der Waals surface area contributed by atoms with E-state index >= 15 is 0 Å². The van der Waals surface area contributed by atoms with Gasteiger partial charge in [0.15, 0.2) is 5.82 Å². The second kappa shape index (κ2) is 4.67. The number of halogens is 1. The molecule has 0 saturated heterocycles. The van der Waals surface area contributed by atoms with Gasteiger partial charge >= 0.3 is 0 Å². The van der Waals surface area contributed by atoms with Gasteiger partial charge in [-0.05, 0) is 13.0 Å². The van der Waals surface area contributed by atoms with E-state index in [2.05, 4.69) is 29.0 Å². The molecule has 3 rings (SSSR count). The van der Waals surface area contributed by atoms with Crippen LogP contribution in [0.15, 0.2) is 24.3 Å². The van der Waals surface area contributed by atoms with Crippen molar-refractivity contribution in [2.45, 2.75) is 20.0 Å². The lowest BCUT2D eigenvalue weighted by Crippen LogP contribution is -2.14. The Balaban J connectivity index is 2.11. The fourth-order valence-corrected chi connectivity index (χ4v) is 2.35. The lowest BCUT2D eigenvalue weighted by molar-refractivity contribution is 0.109. The molecule has 1 aromatic carbocycles. The minimum atomic E-state index is 0.510. The topological polar surface area (TPSA) is 35.0 Å². The van der Waals surface area contributed by atoms with Crippen molar-refractivity contribution in [3.05, 3.63) is 46.2 Å². The van der Waals surface area contributed by atoms with Gasteiger partial charge in [0.2, 0.25) is 0 Å². The smallest absolute Gasteiger partial charge is 0.161 e. The van der Waals surface area contributed by atoms with Crippen molar-refractivity contribution in [1.82, 2.24) is 9.97 Å². The number of aromatic nitrogens is 2. The van der Waals surface area contributed by atoms with Crippen molar-refractivity contribution >= 4 is 11.6 Å². The second-order valence-electron chi connectivity index (χ2n) is 4.44. The van der Waals surface area contributed by atoms with Crippen molar-refractivity contribution in [3.63, 3.8) is 0 Å². The highest BCUT2D eigenvalue weighted by Gasteiger charge is 2.17. The van der Waals surface area contributed by atoms with E-state index in [4.69, 9.17) is 16.3 Å². The Morgan fingerprint density at radius 3 is 3.00 bits per heavy atom. The second-order valence-corrected chi connectivity index (χ2v) is 4.79. The number of nitrogens with zero attached hydrogens (tertiary/aromatic N) is 2. The molecule has 2 heterocycles. The van der Waals surface area contributed by atoms with Gasteiger partial charge < -0.3 is 4.74 Å². The van der Waals surface area contributed by atoms with Crippen molar-refractivity contribution in [2.75, 3.05) is 6.61 Å². The monoisotopic (exact) mass is 260 g/mol. The van der Waals surface area contributed by atoms with Crippen molar-refractivity contribution in [3.8, 4) is 11.4 Å². The molecular weight excluding hydrogens is 248 g/mol. The van der Waals surface area contributed by atoms with Crippen LogP contribution in [0, 0.1) is 6.92 Å². The van der Waals surface area contributed by atoms with Crippen LogP contribution < -0.4 is 0 Å². The van der Waals surface area contributed by atoms with E-state index in [-0.39, 0.29) is 0 Å². The Bertz CT molecular complexity index is 598. The summed E-state index contributed by atoms with van der Waals surface area (Å²) in [6.07, 6.45) is 0.802. The largest absolute Gasteiger partial charge is 0.376 e. The molecule has 1 aliphatic heterocycles. The van der Waals surface area contributed by atoms with Crippen molar-refractivity contribution < 1.29 is 4.74 Å². The summed E-state index contributed by atoms with van der Waals surface area (Å²) >= 11 is 6.21. The molecule has 0 saturated carbocycles. The van der Waals surface area contributed by atoms with Crippen LogP contribution >= 0.6 is 11.6 Å². The maximum absolute atomic E-state index is 6.21. The first-order valence-electron chi connectivity index (χ1n) is 5.94. The van der Waals surface area contributed by atoms with Gasteiger partial charge in [0.25, 0.3) is 0 Å². The normalized spacial score (nSPS) is 14.3. The molecule has 1 aliphatic rings. The number of ether oxygens (including phenoxy) is 1. The molecule has 0 amide bonds. The number of fused-ring (bicyclic) bond motifs is 1. The van der Waals surface area contributed by atoms with Crippen LogP contribution in [0.25, 0.3) is 11.4 Å². The van der Waals surface area contributed by atoms with E-state index in [9.17, 15) is 0 Å². The van der Waals surface area contributed by atoms with Crippen LogP contribution in [0.4, 0.5) is 0 Å². The van der Waals surface area contributed by atoms with Gasteiger partial charge in [0, 0.05) is 17.5 Å². The quantitative estimate of drug-likeness (QED) is 0.739. The number of rotatable bonds is 1. The maximum Gasteiger partial charge on any atom is 0.161 e. The number of aryl methyl sites for hydroxylation is 1. The number of hydrogen-bond donors (Lipinski definition) is 0. The zero-order valence-corrected chi connectivity index (χ0v) is 10.9.